The van der Waals surface area contributed by atoms with Crippen molar-refractivity contribution in [2.45, 2.75) is 13.8 Å². The zero-order valence-corrected chi connectivity index (χ0v) is 6.13. The van der Waals surface area contributed by atoms with E-state index in [1.54, 1.807) is 12.3 Å². The van der Waals surface area contributed by atoms with Crippen molar-refractivity contribution in [1.29, 1.82) is 0 Å². The fourth-order valence-corrected chi connectivity index (χ4v) is 0.682. The van der Waals surface area contributed by atoms with Crippen LogP contribution in [-0.2, 0) is 0 Å². The number of nitrogens with zero attached hydrogens (tertiary/aromatic N) is 1. The van der Waals surface area contributed by atoms with E-state index in [1.165, 1.54) is 5.92 Å². The predicted octanol–water partition coefficient (Wildman–Crippen LogP) is 1.75. The summed E-state index contributed by atoms with van der Waals surface area (Å²) in [6.07, 6.45) is 1.66. The summed E-state index contributed by atoms with van der Waals surface area (Å²) in [5.41, 5.74) is 1.07. The summed E-state index contributed by atoms with van der Waals surface area (Å²) in [7, 11) is 0. The molecular weight excluding hydrogens is 126 g/mol. The van der Waals surface area contributed by atoms with Gasteiger partial charge < -0.3 is 5.11 Å². The largest absolute Gasteiger partial charge is 0.493 e. The molecule has 1 aromatic heterocycles. The molecule has 0 unspecified atom stereocenters. The molecule has 1 rings (SSSR count). The van der Waals surface area contributed by atoms with Crippen molar-refractivity contribution in [3.8, 4) is 5.88 Å². The van der Waals surface area contributed by atoms with Gasteiger partial charge in [-0.15, -0.1) is 0 Å². The Morgan fingerprint density at radius 1 is 1.40 bits per heavy atom. The lowest BCUT2D eigenvalue weighted by atomic mass is 10.1. The number of aromatic hydroxyl groups is 1. The van der Waals surface area contributed by atoms with Gasteiger partial charge in [0, 0.05) is 18.2 Å². The summed E-state index contributed by atoms with van der Waals surface area (Å²) < 4.78 is 0. The van der Waals surface area contributed by atoms with E-state index < -0.39 is 0 Å². The van der Waals surface area contributed by atoms with Crippen LogP contribution in [0.25, 0.3) is 0 Å². The number of aromatic nitrogens is 1. The van der Waals surface area contributed by atoms with Gasteiger partial charge in [-0.05, 0) is 5.56 Å². The molecule has 0 aliphatic rings. The maximum atomic E-state index is 8.82. The van der Waals surface area contributed by atoms with Crippen molar-refractivity contribution in [3.63, 3.8) is 0 Å². The third kappa shape index (κ3) is 1.47. The Bertz CT molecular complexity index is 203. The Labute approximate surface area is 60.5 Å². The van der Waals surface area contributed by atoms with Crippen molar-refractivity contribution in [3.05, 3.63) is 29.8 Å². The van der Waals surface area contributed by atoms with E-state index in [1.807, 2.05) is 19.9 Å². The first-order valence-corrected chi connectivity index (χ1v) is 3.15. The van der Waals surface area contributed by atoms with Gasteiger partial charge >= 0.3 is 0 Å². The quantitative estimate of drug-likeness (QED) is 0.638. The van der Waals surface area contributed by atoms with Gasteiger partial charge in [-0.25, -0.2) is 4.98 Å². The molecule has 0 aromatic carbocycles. The van der Waals surface area contributed by atoms with Gasteiger partial charge in [0.25, 0.3) is 0 Å². The average molecular weight is 136 g/mol. The van der Waals surface area contributed by atoms with E-state index in [-0.39, 0.29) is 5.88 Å². The summed E-state index contributed by atoms with van der Waals surface area (Å²) in [5.74, 6) is 1.28. The molecule has 1 heterocycles. The monoisotopic (exact) mass is 136 g/mol. The molecule has 0 amide bonds. The summed E-state index contributed by atoms with van der Waals surface area (Å²) in [5, 5.41) is 8.82. The molecule has 2 heteroatoms. The average Bonchev–Trinajstić information content (AvgIpc) is 1.88. The maximum absolute atomic E-state index is 8.82. The highest BCUT2D eigenvalue weighted by atomic mass is 16.3. The number of hydrogen-bond acceptors (Lipinski definition) is 2. The first-order chi connectivity index (χ1) is 4.70. The van der Waals surface area contributed by atoms with E-state index in [2.05, 4.69) is 4.98 Å². The number of hydrogen-bond donors (Lipinski definition) is 1. The molecule has 0 saturated carbocycles. The van der Waals surface area contributed by atoms with E-state index in [0.717, 1.165) is 5.56 Å². The lowest BCUT2D eigenvalue weighted by Crippen LogP contribution is -1.87. The van der Waals surface area contributed by atoms with Crippen LogP contribution in [0.15, 0.2) is 18.3 Å². The van der Waals surface area contributed by atoms with Crippen LogP contribution < -0.4 is 0 Å². The van der Waals surface area contributed by atoms with Gasteiger partial charge in [0.15, 0.2) is 0 Å². The molecule has 1 radical (unpaired) electrons. The molecule has 0 atom stereocenters. The minimum atomic E-state index is 0.0741. The lowest BCUT2D eigenvalue weighted by molar-refractivity contribution is 0.453. The van der Waals surface area contributed by atoms with E-state index in [4.69, 9.17) is 5.11 Å². The standard InChI is InChI=1S/C8H10NO/c1-6(2)7-3-4-8(10)9-5-7/h3-5H,1-2H3,(H,9,10). The van der Waals surface area contributed by atoms with Crippen molar-refractivity contribution < 1.29 is 5.11 Å². The third-order valence-electron chi connectivity index (χ3n) is 1.33. The first-order valence-electron chi connectivity index (χ1n) is 3.15. The van der Waals surface area contributed by atoms with Crippen LogP contribution in [0, 0.1) is 5.92 Å². The summed E-state index contributed by atoms with van der Waals surface area (Å²) in [4.78, 5) is 3.74. The number of pyridine rings is 1. The third-order valence-corrected chi connectivity index (χ3v) is 1.33. The second kappa shape index (κ2) is 2.69. The van der Waals surface area contributed by atoms with Gasteiger partial charge in [-0.2, -0.15) is 0 Å². The molecule has 10 heavy (non-hydrogen) atoms. The fourth-order valence-electron chi connectivity index (χ4n) is 0.682. The second-order valence-electron chi connectivity index (χ2n) is 2.41. The first kappa shape index (κ1) is 7.06. The number of rotatable bonds is 1. The van der Waals surface area contributed by atoms with Crippen molar-refractivity contribution in [2.75, 3.05) is 0 Å². The van der Waals surface area contributed by atoms with Crippen molar-refractivity contribution in [2.24, 2.45) is 0 Å². The van der Waals surface area contributed by atoms with Crippen LogP contribution in [0.4, 0.5) is 0 Å². The van der Waals surface area contributed by atoms with Gasteiger partial charge in [0.2, 0.25) is 5.88 Å². The Kier molecular flexibility index (Phi) is 1.90. The molecule has 0 saturated heterocycles. The van der Waals surface area contributed by atoms with Crippen molar-refractivity contribution >= 4 is 0 Å². The van der Waals surface area contributed by atoms with Crippen molar-refractivity contribution in [1.82, 2.24) is 4.98 Å². The summed E-state index contributed by atoms with van der Waals surface area (Å²) in [6.45, 7) is 4.02. The summed E-state index contributed by atoms with van der Waals surface area (Å²) in [6, 6.07) is 3.43. The van der Waals surface area contributed by atoms with Crippen LogP contribution in [0.2, 0.25) is 0 Å². The molecule has 0 spiro atoms. The lowest BCUT2D eigenvalue weighted by Gasteiger charge is -2.01. The smallest absolute Gasteiger partial charge is 0.210 e. The van der Waals surface area contributed by atoms with E-state index in [9.17, 15) is 0 Å². The summed E-state index contributed by atoms with van der Waals surface area (Å²) >= 11 is 0. The highest BCUT2D eigenvalue weighted by Crippen LogP contribution is 2.13. The Morgan fingerprint density at radius 3 is 2.50 bits per heavy atom. The highest BCUT2D eigenvalue weighted by molar-refractivity contribution is 5.27. The SMILES string of the molecule is C[C](C)c1ccc(O)nc1. The molecule has 1 N–H and O–H groups in total. The second-order valence-corrected chi connectivity index (χ2v) is 2.41. The maximum Gasteiger partial charge on any atom is 0.210 e. The predicted molar refractivity (Wildman–Crippen MR) is 39.6 cm³/mol. The van der Waals surface area contributed by atoms with E-state index in [0.29, 0.717) is 0 Å². The topological polar surface area (TPSA) is 33.1 Å². The molecule has 0 aliphatic heterocycles. The molecule has 0 aliphatic carbocycles. The van der Waals surface area contributed by atoms with Crippen LogP contribution in [-0.4, -0.2) is 10.1 Å². The Morgan fingerprint density at radius 2 is 2.10 bits per heavy atom. The van der Waals surface area contributed by atoms with Gasteiger partial charge in [0.1, 0.15) is 0 Å². The van der Waals surface area contributed by atoms with Crippen LogP contribution in [0.1, 0.15) is 19.4 Å². The molecule has 0 bridgehead atoms. The van der Waals surface area contributed by atoms with Crippen LogP contribution in [0.5, 0.6) is 5.88 Å². The molecule has 2 nitrogen and oxygen atoms in total. The van der Waals surface area contributed by atoms with Crippen LogP contribution in [0.3, 0.4) is 0 Å². The molecular formula is C8H10NO. The molecule has 53 valence electrons. The Hall–Kier alpha value is -1.05. The minimum Gasteiger partial charge on any atom is -0.493 e. The van der Waals surface area contributed by atoms with Crippen LogP contribution >= 0.6 is 0 Å². The fraction of sp³-hybridized carbons (Fsp3) is 0.250. The zero-order valence-electron chi connectivity index (χ0n) is 6.13. The van der Waals surface area contributed by atoms with Gasteiger partial charge in [-0.1, -0.05) is 19.9 Å². The molecule has 1 aromatic rings. The highest BCUT2D eigenvalue weighted by Gasteiger charge is 1.98. The zero-order chi connectivity index (χ0) is 7.56. The van der Waals surface area contributed by atoms with Gasteiger partial charge in [-0.3, -0.25) is 0 Å². The minimum absolute atomic E-state index is 0.0741. The normalized spacial score (nSPS) is 10.3. The van der Waals surface area contributed by atoms with Gasteiger partial charge in [0.05, 0.1) is 0 Å². The Balaban J connectivity index is 2.89. The molecule has 0 fully saturated rings. The van der Waals surface area contributed by atoms with E-state index >= 15 is 0 Å².